The molecule has 0 unspecified atom stereocenters. The first-order chi connectivity index (χ1) is 13.5. The van der Waals surface area contributed by atoms with Crippen LogP contribution in [0.5, 0.6) is 0 Å². The summed E-state index contributed by atoms with van der Waals surface area (Å²) in [6, 6.07) is 15.2. The third kappa shape index (κ3) is 4.65. The average Bonchev–Trinajstić information content (AvgIpc) is 2.70. The lowest BCUT2D eigenvalue weighted by Gasteiger charge is -2.36. The van der Waals surface area contributed by atoms with Crippen molar-refractivity contribution in [3.8, 4) is 6.07 Å². The minimum absolute atomic E-state index is 0.0927. The third-order valence-corrected chi connectivity index (χ3v) is 5.26. The zero-order chi connectivity index (χ0) is 20.1. The first-order valence-electron chi connectivity index (χ1n) is 9.22. The summed E-state index contributed by atoms with van der Waals surface area (Å²) in [6.45, 7) is 7.47. The maximum atomic E-state index is 12.4. The molecular weight excluding hydrogens is 372 g/mol. The molecule has 1 N–H and O–H groups in total. The van der Waals surface area contributed by atoms with Gasteiger partial charge >= 0.3 is 0 Å². The van der Waals surface area contributed by atoms with Crippen molar-refractivity contribution in [2.75, 3.05) is 36.4 Å². The Morgan fingerprint density at radius 2 is 1.79 bits per heavy atom. The average molecular weight is 395 g/mol. The van der Waals surface area contributed by atoms with E-state index in [1.807, 2.05) is 11.0 Å². The normalized spacial score (nSPS) is 14.6. The van der Waals surface area contributed by atoms with Crippen LogP contribution in [-0.4, -0.2) is 37.0 Å². The number of benzene rings is 2. The molecule has 1 amide bonds. The van der Waals surface area contributed by atoms with Crippen molar-refractivity contribution in [3.05, 3.63) is 70.4 Å². The van der Waals surface area contributed by atoms with Crippen LogP contribution in [-0.2, 0) is 4.79 Å². The smallest absolute Gasteiger partial charge is 0.267 e. The fourth-order valence-corrected chi connectivity index (χ4v) is 3.35. The number of halogens is 1. The summed E-state index contributed by atoms with van der Waals surface area (Å²) in [5.41, 5.74) is 4.53. The molecule has 6 heteroatoms. The summed E-state index contributed by atoms with van der Waals surface area (Å²) >= 11 is 5.85. The van der Waals surface area contributed by atoms with E-state index in [2.05, 4.69) is 42.3 Å². The predicted molar refractivity (Wildman–Crippen MR) is 113 cm³/mol. The molecule has 0 aliphatic carbocycles. The molecule has 0 aromatic heterocycles. The number of nitriles is 1. The first kappa shape index (κ1) is 19.8. The lowest BCUT2D eigenvalue weighted by atomic mass is 10.1. The fourth-order valence-electron chi connectivity index (χ4n) is 3.22. The van der Waals surface area contributed by atoms with Gasteiger partial charge in [-0.05, 0) is 55.3 Å². The fraction of sp³-hybridized carbons (Fsp3) is 0.273. The lowest BCUT2D eigenvalue weighted by molar-refractivity contribution is -0.112. The van der Waals surface area contributed by atoms with Crippen molar-refractivity contribution in [2.24, 2.45) is 0 Å². The largest absolute Gasteiger partial charge is 0.373 e. The zero-order valence-electron chi connectivity index (χ0n) is 16.1. The van der Waals surface area contributed by atoms with E-state index in [-0.39, 0.29) is 5.57 Å². The Morgan fingerprint density at radius 3 is 2.43 bits per heavy atom. The highest BCUT2D eigenvalue weighted by atomic mass is 35.5. The third-order valence-electron chi connectivity index (χ3n) is 5.01. The van der Waals surface area contributed by atoms with Crippen molar-refractivity contribution < 1.29 is 4.79 Å². The standard InChI is InChI=1S/C22H23ClN4O/c1-16-4-3-5-21(17(16)2)27-12-10-26(11-13-27)15-18(14-24)22(28)25-20-8-6-19(23)7-9-20/h3-9,15H,10-13H2,1-2H3,(H,25,28)/b18-15-. The topological polar surface area (TPSA) is 59.4 Å². The van der Waals surface area contributed by atoms with Gasteiger partial charge in [0.15, 0.2) is 0 Å². The molecule has 1 heterocycles. The Bertz CT molecular complexity index is 923. The van der Waals surface area contributed by atoms with E-state index >= 15 is 0 Å². The number of rotatable bonds is 4. The number of nitrogens with one attached hydrogen (secondary N) is 1. The van der Waals surface area contributed by atoms with E-state index < -0.39 is 5.91 Å². The van der Waals surface area contributed by atoms with Crippen LogP contribution >= 0.6 is 11.6 Å². The Balaban J connectivity index is 1.63. The Hall–Kier alpha value is -2.97. The molecule has 2 aromatic rings. The van der Waals surface area contributed by atoms with E-state index in [0.29, 0.717) is 10.7 Å². The molecule has 0 bridgehead atoms. The molecule has 144 valence electrons. The van der Waals surface area contributed by atoms with E-state index in [1.165, 1.54) is 16.8 Å². The van der Waals surface area contributed by atoms with Crippen molar-refractivity contribution in [2.45, 2.75) is 13.8 Å². The number of carbonyl (C=O) groups excluding carboxylic acids is 1. The molecule has 28 heavy (non-hydrogen) atoms. The highest BCUT2D eigenvalue weighted by Crippen LogP contribution is 2.24. The molecule has 1 fully saturated rings. The Morgan fingerprint density at radius 1 is 1.11 bits per heavy atom. The summed E-state index contributed by atoms with van der Waals surface area (Å²) < 4.78 is 0. The van der Waals surface area contributed by atoms with Crippen LogP contribution < -0.4 is 10.2 Å². The number of nitrogens with zero attached hydrogens (tertiary/aromatic N) is 3. The SMILES string of the molecule is Cc1cccc(N2CCN(/C=C(/C#N)C(=O)Nc3ccc(Cl)cc3)CC2)c1C. The molecule has 0 spiro atoms. The minimum Gasteiger partial charge on any atom is -0.373 e. The summed E-state index contributed by atoms with van der Waals surface area (Å²) in [4.78, 5) is 16.8. The van der Waals surface area contributed by atoms with Crippen LogP contribution in [0.3, 0.4) is 0 Å². The molecule has 1 aliphatic rings. The second kappa shape index (κ2) is 8.81. The zero-order valence-corrected chi connectivity index (χ0v) is 16.8. The van der Waals surface area contributed by atoms with Crippen LogP contribution in [0.4, 0.5) is 11.4 Å². The van der Waals surface area contributed by atoms with Gasteiger partial charge in [0.25, 0.3) is 5.91 Å². The van der Waals surface area contributed by atoms with E-state index in [4.69, 9.17) is 11.6 Å². The van der Waals surface area contributed by atoms with E-state index in [1.54, 1.807) is 30.5 Å². The van der Waals surface area contributed by atoms with Crippen LogP contribution in [0.2, 0.25) is 5.02 Å². The molecule has 0 atom stereocenters. The van der Waals surface area contributed by atoms with Gasteiger partial charge < -0.3 is 15.1 Å². The number of piperazine rings is 1. The van der Waals surface area contributed by atoms with Gasteiger partial charge in [-0.25, -0.2) is 0 Å². The predicted octanol–water partition coefficient (Wildman–Crippen LogP) is 4.13. The van der Waals surface area contributed by atoms with Gasteiger partial charge in [-0.2, -0.15) is 5.26 Å². The molecule has 2 aromatic carbocycles. The van der Waals surface area contributed by atoms with Crippen molar-refractivity contribution in [1.29, 1.82) is 5.26 Å². The quantitative estimate of drug-likeness (QED) is 0.625. The van der Waals surface area contributed by atoms with Gasteiger partial charge in [0.05, 0.1) is 0 Å². The Labute approximate surface area is 170 Å². The molecular formula is C22H23ClN4O. The molecule has 0 saturated carbocycles. The number of amides is 1. The van der Waals surface area contributed by atoms with Gasteiger partial charge in [-0.3, -0.25) is 4.79 Å². The monoisotopic (exact) mass is 394 g/mol. The summed E-state index contributed by atoms with van der Waals surface area (Å²) in [5, 5.41) is 12.7. The second-order valence-corrected chi connectivity index (χ2v) is 7.29. The van der Waals surface area contributed by atoms with Gasteiger partial charge in [-0.1, -0.05) is 23.7 Å². The lowest BCUT2D eigenvalue weighted by Crippen LogP contribution is -2.44. The summed E-state index contributed by atoms with van der Waals surface area (Å²) in [7, 11) is 0. The van der Waals surface area contributed by atoms with Gasteiger partial charge in [0.2, 0.25) is 0 Å². The van der Waals surface area contributed by atoms with Crippen molar-refractivity contribution in [3.63, 3.8) is 0 Å². The first-order valence-corrected chi connectivity index (χ1v) is 9.60. The van der Waals surface area contributed by atoms with Gasteiger partial charge in [0.1, 0.15) is 11.6 Å². The summed E-state index contributed by atoms with van der Waals surface area (Å²) in [6.07, 6.45) is 1.66. The maximum absolute atomic E-state index is 12.4. The molecule has 1 saturated heterocycles. The van der Waals surface area contributed by atoms with Crippen molar-refractivity contribution >= 4 is 28.9 Å². The molecule has 0 radical (unpaired) electrons. The van der Waals surface area contributed by atoms with E-state index in [0.717, 1.165) is 26.2 Å². The van der Waals surface area contributed by atoms with Crippen LogP contribution in [0.25, 0.3) is 0 Å². The van der Waals surface area contributed by atoms with Gasteiger partial charge in [0, 0.05) is 48.8 Å². The van der Waals surface area contributed by atoms with Crippen LogP contribution in [0.15, 0.2) is 54.2 Å². The summed E-state index contributed by atoms with van der Waals surface area (Å²) in [5.74, 6) is -0.415. The second-order valence-electron chi connectivity index (χ2n) is 6.86. The number of aryl methyl sites for hydroxylation is 1. The van der Waals surface area contributed by atoms with Crippen molar-refractivity contribution in [1.82, 2.24) is 4.90 Å². The molecule has 5 nitrogen and oxygen atoms in total. The van der Waals surface area contributed by atoms with Gasteiger partial charge in [-0.15, -0.1) is 0 Å². The van der Waals surface area contributed by atoms with Crippen LogP contribution in [0.1, 0.15) is 11.1 Å². The van der Waals surface area contributed by atoms with Crippen LogP contribution in [0, 0.1) is 25.2 Å². The number of hydrogen-bond acceptors (Lipinski definition) is 4. The number of anilines is 2. The number of hydrogen-bond donors (Lipinski definition) is 1. The number of carbonyl (C=O) groups is 1. The molecule has 1 aliphatic heterocycles. The highest BCUT2D eigenvalue weighted by Gasteiger charge is 2.19. The molecule has 3 rings (SSSR count). The minimum atomic E-state index is -0.415. The highest BCUT2D eigenvalue weighted by molar-refractivity contribution is 6.30. The van der Waals surface area contributed by atoms with E-state index in [9.17, 15) is 10.1 Å². The Kier molecular flexibility index (Phi) is 6.23. The maximum Gasteiger partial charge on any atom is 0.267 e.